The van der Waals surface area contributed by atoms with E-state index in [1.54, 1.807) is 13.1 Å². The topological polar surface area (TPSA) is 60.2 Å². The minimum absolute atomic E-state index is 0.0612. The van der Waals surface area contributed by atoms with Gasteiger partial charge in [0.05, 0.1) is 12.7 Å². The summed E-state index contributed by atoms with van der Waals surface area (Å²) in [5, 5.41) is 17.8. The van der Waals surface area contributed by atoms with Crippen LogP contribution in [0.25, 0.3) is 0 Å². The zero-order chi connectivity index (χ0) is 13.3. The van der Waals surface area contributed by atoms with E-state index in [1.807, 2.05) is 0 Å². The van der Waals surface area contributed by atoms with Crippen LogP contribution in [-0.4, -0.2) is 27.2 Å². The molecule has 0 amide bonds. The zero-order valence-electron chi connectivity index (χ0n) is 9.76. The van der Waals surface area contributed by atoms with E-state index in [2.05, 4.69) is 26.2 Å². The van der Waals surface area contributed by atoms with E-state index in [0.29, 0.717) is 10.3 Å². The van der Waals surface area contributed by atoms with Crippen molar-refractivity contribution in [1.29, 1.82) is 0 Å². The number of benzene rings is 1. The summed E-state index contributed by atoms with van der Waals surface area (Å²) >= 11 is 3.17. The number of nitrogens with zero attached hydrogens (tertiary/aromatic N) is 3. The number of aliphatic hydroxyl groups excluding tert-OH is 1. The minimum atomic E-state index is -1.21. The molecule has 0 aliphatic heterocycles. The Labute approximate surface area is 111 Å². The van der Waals surface area contributed by atoms with Gasteiger partial charge in [0.25, 0.3) is 0 Å². The highest BCUT2D eigenvalue weighted by molar-refractivity contribution is 9.10. The van der Waals surface area contributed by atoms with E-state index in [0.717, 1.165) is 0 Å². The highest BCUT2D eigenvalue weighted by Gasteiger charge is 2.25. The van der Waals surface area contributed by atoms with E-state index in [4.69, 9.17) is 4.74 Å². The molecule has 0 radical (unpaired) electrons. The van der Waals surface area contributed by atoms with Gasteiger partial charge in [-0.15, -0.1) is 5.10 Å². The number of aliphatic hydroxyl groups is 1. The smallest absolute Gasteiger partial charge is 0.154 e. The van der Waals surface area contributed by atoms with Crippen LogP contribution in [0.3, 0.4) is 0 Å². The number of hydrogen-bond donors (Lipinski definition) is 1. The molecule has 2 aromatic rings. The Hall–Kier alpha value is -1.47. The summed E-state index contributed by atoms with van der Waals surface area (Å²) in [7, 11) is 3.03. The predicted molar refractivity (Wildman–Crippen MR) is 65.7 cm³/mol. The molecule has 2 rings (SSSR count). The standard InChI is InChI=1S/C11H11BrFN3O2/c1-16-9(11(12)14-15-16)10(17)8-6(13)4-3-5-7(8)18-2/h3-5,10,17H,1-2H3. The van der Waals surface area contributed by atoms with Gasteiger partial charge in [-0.2, -0.15) is 0 Å². The zero-order valence-corrected chi connectivity index (χ0v) is 11.3. The monoisotopic (exact) mass is 315 g/mol. The van der Waals surface area contributed by atoms with Crippen LogP contribution in [0.15, 0.2) is 22.8 Å². The Morgan fingerprint density at radius 1 is 1.50 bits per heavy atom. The first kappa shape index (κ1) is 13.0. The molecule has 7 heteroatoms. The van der Waals surface area contributed by atoms with E-state index >= 15 is 0 Å². The Balaban J connectivity index is 2.56. The van der Waals surface area contributed by atoms with Crippen LogP contribution in [0.4, 0.5) is 4.39 Å². The normalized spacial score (nSPS) is 12.5. The molecule has 1 aromatic carbocycles. The lowest BCUT2D eigenvalue weighted by molar-refractivity contribution is 0.198. The fourth-order valence-corrected chi connectivity index (χ4v) is 2.27. The number of hydrogen-bond acceptors (Lipinski definition) is 4. The highest BCUT2D eigenvalue weighted by atomic mass is 79.9. The largest absolute Gasteiger partial charge is 0.496 e. The van der Waals surface area contributed by atoms with Crippen molar-refractivity contribution in [3.63, 3.8) is 0 Å². The molecular formula is C11H11BrFN3O2. The van der Waals surface area contributed by atoms with Crippen molar-refractivity contribution < 1.29 is 14.2 Å². The van der Waals surface area contributed by atoms with E-state index in [1.165, 1.54) is 23.9 Å². The maximum absolute atomic E-state index is 13.8. The van der Waals surface area contributed by atoms with Crippen LogP contribution >= 0.6 is 15.9 Å². The molecular weight excluding hydrogens is 305 g/mol. The van der Waals surface area contributed by atoms with Crippen molar-refractivity contribution in [2.75, 3.05) is 7.11 Å². The fourth-order valence-electron chi connectivity index (χ4n) is 1.73. The van der Waals surface area contributed by atoms with Crippen molar-refractivity contribution in [3.05, 3.63) is 39.9 Å². The third-order valence-corrected chi connectivity index (χ3v) is 3.16. The molecule has 1 heterocycles. The quantitative estimate of drug-likeness (QED) is 0.938. The molecule has 0 fully saturated rings. The number of rotatable bonds is 3. The van der Waals surface area contributed by atoms with Gasteiger partial charge in [0.1, 0.15) is 23.4 Å². The van der Waals surface area contributed by atoms with E-state index < -0.39 is 11.9 Å². The summed E-state index contributed by atoms with van der Waals surface area (Å²) in [6.45, 7) is 0. The molecule has 0 aliphatic rings. The van der Waals surface area contributed by atoms with Gasteiger partial charge >= 0.3 is 0 Å². The summed E-state index contributed by atoms with van der Waals surface area (Å²) in [6.07, 6.45) is -1.21. The lowest BCUT2D eigenvalue weighted by Crippen LogP contribution is -2.10. The summed E-state index contributed by atoms with van der Waals surface area (Å²) in [5.41, 5.74) is 0.421. The number of aryl methyl sites for hydroxylation is 1. The molecule has 0 spiro atoms. The molecule has 96 valence electrons. The summed E-state index contributed by atoms with van der Waals surface area (Å²) in [4.78, 5) is 0. The number of aromatic nitrogens is 3. The fraction of sp³-hybridized carbons (Fsp3) is 0.273. The molecule has 0 saturated heterocycles. The van der Waals surface area contributed by atoms with Crippen LogP contribution in [-0.2, 0) is 7.05 Å². The Morgan fingerprint density at radius 3 is 2.78 bits per heavy atom. The molecule has 1 aromatic heterocycles. The van der Waals surface area contributed by atoms with Gasteiger partial charge in [-0.3, -0.25) is 0 Å². The third-order valence-electron chi connectivity index (χ3n) is 2.59. The number of ether oxygens (including phenoxy) is 1. The lowest BCUT2D eigenvalue weighted by Gasteiger charge is -2.15. The number of methoxy groups -OCH3 is 1. The average molecular weight is 316 g/mol. The molecule has 1 unspecified atom stereocenters. The molecule has 1 N–H and O–H groups in total. The van der Waals surface area contributed by atoms with E-state index in [-0.39, 0.29) is 11.3 Å². The van der Waals surface area contributed by atoms with Crippen molar-refractivity contribution in [2.45, 2.75) is 6.10 Å². The van der Waals surface area contributed by atoms with Crippen molar-refractivity contribution in [1.82, 2.24) is 15.0 Å². The van der Waals surface area contributed by atoms with Gasteiger partial charge in [-0.05, 0) is 28.1 Å². The Bertz CT molecular complexity index is 554. The van der Waals surface area contributed by atoms with Crippen LogP contribution in [0.1, 0.15) is 17.4 Å². The highest BCUT2D eigenvalue weighted by Crippen LogP contribution is 2.34. The molecule has 1 atom stereocenters. The van der Waals surface area contributed by atoms with Gasteiger partial charge in [-0.1, -0.05) is 11.3 Å². The van der Waals surface area contributed by atoms with Gasteiger partial charge in [0.2, 0.25) is 0 Å². The molecule has 5 nitrogen and oxygen atoms in total. The summed E-state index contributed by atoms with van der Waals surface area (Å²) in [6, 6.07) is 4.36. The van der Waals surface area contributed by atoms with Gasteiger partial charge in [0.15, 0.2) is 4.60 Å². The molecule has 0 aliphatic carbocycles. The van der Waals surface area contributed by atoms with Crippen LogP contribution in [0.5, 0.6) is 5.75 Å². The second-order valence-corrected chi connectivity index (χ2v) is 4.40. The van der Waals surface area contributed by atoms with Crippen molar-refractivity contribution in [3.8, 4) is 5.75 Å². The van der Waals surface area contributed by atoms with Crippen molar-refractivity contribution >= 4 is 15.9 Å². The van der Waals surface area contributed by atoms with Gasteiger partial charge < -0.3 is 9.84 Å². The second kappa shape index (κ2) is 5.03. The van der Waals surface area contributed by atoms with Gasteiger partial charge in [0, 0.05) is 7.05 Å². The minimum Gasteiger partial charge on any atom is -0.496 e. The third kappa shape index (κ3) is 2.11. The van der Waals surface area contributed by atoms with Crippen LogP contribution in [0.2, 0.25) is 0 Å². The van der Waals surface area contributed by atoms with Crippen LogP contribution in [0, 0.1) is 5.82 Å². The molecule has 18 heavy (non-hydrogen) atoms. The Morgan fingerprint density at radius 2 is 2.22 bits per heavy atom. The Kier molecular flexibility index (Phi) is 3.63. The maximum atomic E-state index is 13.8. The van der Waals surface area contributed by atoms with Gasteiger partial charge in [-0.25, -0.2) is 9.07 Å². The first-order valence-corrected chi connectivity index (χ1v) is 5.91. The maximum Gasteiger partial charge on any atom is 0.154 e. The summed E-state index contributed by atoms with van der Waals surface area (Å²) in [5.74, 6) is -0.273. The predicted octanol–water partition coefficient (Wildman–Crippen LogP) is 1.81. The molecule has 0 bridgehead atoms. The second-order valence-electron chi connectivity index (χ2n) is 3.65. The van der Waals surface area contributed by atoms with Crippen LogP contribution < -0.4 is 4.74 Å². The van der Waals surface area contributed by atoms with Crippen molar-refractivity contribution in [2.24, 2.45) is 7.05 Å². The summed E-state index contributed by atoms with van der Waals surface area (Å²) < 4.78 is 20.6. The first-order valence-electron chi connectivity index (χ1n) is 5.11. The first-order chi connectivity index (χ1) is 8.56. The lowest BCUT2D eigenvalue weighted by atomic mass is 10.1. The van der Waals surface area contributed by atoms with E-state index in [9.17, 15) is 9.50 Å². The molecule has 0 saturated carbocycles. The number of halogens is 2. The average Bonchev–Trinajstić information content (AvgIpc) is 2.68. The SMILES string of the molecule is COc1cccc(F)c1C(O)c1c(Br)nnn1C.